The fourth-order valence-electron chi connectivity index (χ4n) is 5.58. The molecule has 3 aliphatic rings. The van der Waals surface area contributed by atoms with E-state index in [4.69, 9.17) is 10.5 Å². The van der Waals surface area contributed by atoms with E-state index < -0.39 is 75.9 Å². The van der Waals surface area contributed by atoms with Crippen LogP contribution in [-0.2, 0) is 25.5 Å². The summed E-state index contributed by atoms with van der Waals surface area (Å²) in [6.45, 7) is 5.00. The van der Waals surface area contributed by atoms with Crippen LogP contribution >= 0.6 is 0 Å². The second kappa shape index (κ2) is 8.76. The van der Waals surface area contributed by atoms with Crippen LogP contribution in [0.3, 0.4) is 0 Å². The molecular weight excluding hydrogens is 498 g/mol. The highest BCUT2D eigenvalue weighted by Crippen LogP contribution is 2.54. The zero-order valence-corrected chi connectivity index (χ0v) is 21.7. The first kappa shape index (κ1) is 27.0. The molecule has 12 heteroatoms. The molecule has 3 atom stereocenters. The highest BCUT2D eigenvalue weighted by molar-refractivity contribution is 6.22. The fraction of sp³-hybridized carbons (Fsp3) is 0.462. The summed E-state index contributed by atoms with van der Waals surface area (Å²) in [5, 5.41) is 47.0. The van der Waals surface area contributed by atoms with Crippen molar-refractivity contribution in [1.82, 2.24) is 0 Å². The summed E-state index contributed by atoms with van der Waals surface area (Å²) in [5.41, 5.74) is 1.41. The zero-order chi connectivity index (χ0) is 28.5. The number of aliphatic hydroxyl groups is 3. The Labute approximate surface area is 218 Å². The van der Waals surface area contributed by atoms with Crippen molar-refractivity contribution in [1.29, 1.82) is 0 Å². The average molecular weight is 530 g/mol. The van der Waals surface area contributed by atoms with E-state index in [1.807, 2.05) is 0 Å². The number of fused-ring (bicyclic) bond motifs is 3. The van der Waals surface area contributed by atoms with Crippen LogP contribution in [0.4, 0.5) is 16.2 Å². The minimum absolute atomic E-state index is 0.0223. The van der Waals surface area contributed by atoms with Crippen molar-refractivity contribution in [3.05, 3.63) is 34.1 Å². The van der Waals surface area contributed by atoms with Gasteiger partial charge in [-0.15, -0.1) is 0 Å². The topological polar surface area (TPSA) is 200 Å². The van der Waals surface area contributed by atoms with Gasteiger partial charge in [0.1, 0.15) is 22.7 Å². The normalized spacial score (nSPS) is 24.9. The number of aliphatic hydroxyl groups excluding tert-OH is 2. The molecule has 0 saturated heterocycles. The average Bonchev–Trinajstić information content (AvgIpc) is 2.76. The van der Waals surface area contributed by atoms with Gasteiger partial charge in [0.2, 0.25) is 5.78 Å². The van der Waals surface area contributed by atoms with Crippen molar-refractivity contribution in [2.24, 2.45) is 17.6 Å². The smallest absolute Gasteiger partial charge is 0.412 e. The van der Waals surface area contributed by atoms with Crippen molar-refractivity contribution in [2.75, 3.05) is 24.3 Å². The molecule has 2 amide bonds. The van der Waals surface area contributed by atoms with E-state index in [-0.39, 0.29) is 29.7 Å². The SMILES string of the molecule is CN(C)c1cc(NC(=O)OC(C)(C)C)c(O)c2c1CC1CC3CC(=O)C(C(N)=O)=C(O)C3(O)C(=O)C1=C2O. The number of hydrogen-bond donors (Lipinski definition) is 6. The Kier molecular flexibility index (Phi) is 6.22. The molecule has 0 heterocycles. The van der Waals surface area contributed by atoms with Gasteiger partial charge in [0.15, 0.2) is 17.1 Å². The van der Waals surface area contributed by atoms with E-state index in [1.54, 1.807) is 39.8 Å². The van der Waals surface area contributed by atoms with E-state index in [0.29, 0.717) is 11.3 Å². The fourth-order valence-corrected chi connectivity index (χ4v) is 5.58. The lowest BCUT2D eigenvalue weighted by Gasteiger charge is -2.46. The standard InChI is InChI=1S/C26H31N3O9/c1-25(2,3)38-24(36)28-13-9-14(29(4)5)12-7-10-6-11-8-15(30)18(23(27)35)22(34)26(11,37)21(33)16(10)20(32)17(12)19(13)31/h9-11,31-32,34,37H,6-8H2,1-5H3,(H2,27,35)(H,28,36). The third-order valence-corrected chi connectivity index (χ3v) is 7.16. The van der Waals surface area contributed by atoms with Gasteiger partial charge in [0.05, 0.1) is 11.3 Å². The van der Waals surface area contributed by atoms with Crippen molar-refractivity contribution in [2.45, 2.75) is 51.2 Å². The van der Waals surface area contributed by atoms with E-state index in [2.05, 4.69) is 5.32 Å². The summed E-state index contributed by atoms with van der Waals surface area (Å²) in [6, 6.07) is 1.51. The Morgan fingerprint density at radius 3 is 2.34 bits per heavy atom. The van der Waals surface area contributed by atoms with Gasteiger partial charge in [-0.05, 0) is 51.2 Å². The number of ether oxygens (including phenoxy) is 1. The van der Waals surface area contributed by atoms with Gasteiger partial charge in [-0.25, -0.2) is 4.79 Å². The largest absolute Gasteiger partial charge is 0.508 e. The molecule has 1 saturated carbocycles. The minimum atomic E-state index is -2.65. The summed E-state index contributed by atoms with van der Waals surface area (Å²) in [5.74, 6) is -7.20. The number of rotatable bonds is 3. The number of Topliss-reactive ketones (excluding diaryl/α,β-unsaturated/α-hetero) is 2. The highest BCUT2D eigenvalue weighted by atomic mass is 16.6. The number of anilines is 2. The summed E-state index contributed by atoms with van der Waals surface area (Å²) in [7, 11) is 3.44. The molecule has 0 bridgehead atoms. The molecule has 12 nitrogen and oxygen atoms in total. The van der Waals surface area contributed by atoms with Gasteiger partial charge in [0.25, 0.3) is 5.91 Å². The van der Waals surface area contributed by atoms with Gasteiger partial charge in [-0.1, -0.05) is 0 Å². The molecule has 1 aromatic rings. The Morgan fingerprint density at radius 2 is 1.79 bits per heavy atom. The maximum atomic E-state index is 13.7. The molecule has 0 aromatic heterocycles. The van der Waals surface area contributed by atoms with Crippen LogP contribution in [-0.4, -0.2) is 69.3 Å². The summed E-state index contributed by atoms with van der Waals surface area (Å²) in [4.78, 5) is 52.1. The Hall–Kier alpha value is -4.06. The predicted molar refractivity (Wildman–Crippen MR) is 136 cm³/mol. The summed E-state index contributed by atoms with van der Waals surface area (Å²) >= 11 is 0. The number of amides is 2. The number of carbonyl (C=O) groups is 4. The lowest BCUT2D eigenvalue weighted by Crippen LogP contribution is -2.58. The summed E-state index contributed by atoms with van der Waals surface area (Å²) < 4.78 is 5.26. The lowest BCUT2D eigenvalue weighted by atomic mass is 9.59. The molecule has 0 spiro atoms. The van der Waals surface area contributed by atoms with Crippen molar-refractivity contribution in [3.8, 4) is 5.75 Å². The van der Waals surface area contributed by atoms with E-state index in [9.17, 15) is 39.6 Å². The number of primary amides is 1. The van der Waals surface area contributed by atoms with Gasteiger partial charge in [-0.2, -0.15) is 0 Å². The number of carbonyl (C=O) groups excluding carboxylic acids is 4. The predicted octanol–water partition coefficient (Wildman–Crippen LogP) is 1.84. The molecule has 38 heavy (non-hydrogen) atoms. The molecule has 0 aliphatic heterocycles. The summed E-state index contributed by atoms with van der Waals surface area (Å²) in [6.07, 6.45) is -1.09. The quantitative estimate of drug-likeness (QED) is 0.248. The lowest BCUT2D eigenvalue weighted by molar-refractivity contribution is -0.147. The first-order chi connectivity index (χ1) is 17.5. The molecule has 7 N–H and O–H groups in total. The molecule has 0 radical (unpaired) electrons. The Bertz CT molecular complexity index is 1350. The van der Waals surface area contributed by atoms with Crippen LogP contribution in [0.1, 0.15) is 44.7 Å². The van der Waals surface area contributed by atoms with Crippen LogP contribution in [0.2, 0.25) is 0 Å². The van der Waals surface area contributed by atoms with Gasteiger partial charge in [0, 0.05) is 37.7 Å². The number of hydrogen-bond acceptors (Lipinski definition) is 10. The van der Waals surface area contributed by atoms with Crippen LogP contribution in [0.25, 0.3) is 5.76 Å². The van der Waals surface area contributed by atoms with Crippen LogP contribution in [0.15, 0.2) is 23.0 Å². The number of nitrogens with one attached hydrogen (secondary N) is 1. The van der Waals surface area contributed by atoms with Gasteiger partial charge < -0.3 is 35.8 Å². The Morgan fingerprint density at radius 1 is 1.16 bits per heavy atom. The van der Waals surface area contributed by atoms with E-state index >= 15 is 0 Å². The monoisotopic (exact) mass is 529 g/mol. The third-order valence-electron chi connectivity index (χ3n) is 7.16. The molecule has 1 fully saturated rings. The first-order valence-electron chi connectivity index (χ1n) is 12.0. The van der Waals surface area contributed by atoms with Crippen LogP contribution in [0, 0.1) is 11.8 Å². The second-order valence-electron chi connectivity index (χ2n) is 11.1. The van der Waals surface area contributed by atoms with E-state index in [1.165, 1.54) is 6.07 Å². The third kappa shape index (κ3) is 4.05. The molecule has 1 aromatic carbocycles. The van der Waals surface area contributed by atoms with Crippen LogP contribution in [0.5, 0.6) is 5.75 Å². The van der Waals surface area contributed by atoms with Crippen molar-refractivity contribution in [3.63, 3.8) is 0 Å². The first-order valence-corrected chi connectivity index (χ1v) is 12.0. The molecule has 4 rings (SSSR count). The zero-order valence-electron chi connectivity index (χ0n) is 21.7. The van der Waals surface area contributed by atoms with Gasteiger partial charge in [-0.3, -0.25) is 19.7 Å². The molecular formula is C26H31N3O9. The van der Waals surface area contributed by atoms with Crippen molar-refractivity contribution < 1.29 is 44.3 Å². The number of phenolic OH excluding ortho intramolecular Hbond substituents is 1. The number of nitrogens with two attached hydrogens (primary N) is 1. The van der Waals surface area contributed by atoms with Crippen LogP contribution < -0.4 is 16.0 Å². The second-order valence-corrected chi connectivity index (χ2v) is 11.1. The highest BCUT2D eigenvalue weighted by Gasteiger charge is 2.60. The molecule has 3 aliphatic carbocycles. The maximum Gasteiger partial charge on any atom is 0.412 e. The number of nitrogens with zero attached hydrogens (tertiary/aromatic N) is 1. The minimum Gasteiger partial charge on any atom is -0.508 e. The number of ketones is 2. The Balaban J connectivity index is 1.89. The number of phenols is 1. The molecule has 3 unspecified atom stereocenters. The maximum absolute atomic E-state index is 13.7. The van der Waals surface area contributed by atoms with Crippen molar-refractivity contribution >= 4 is 40.7 Å². The number of aromatic hydroxyl groups is 1. The molecule has 204 valence electrons. The number of benzene rings is 1. The van der Waals surface area contributed by atoms with Gasteiger partial charge >= 0.3 is 6.09 Å². The van der Waals surface area contributed by atoms with E-state index in [0.717, 1.165) is 0 Å².